The predicted octanol–water partition coefficient (Wildman–Crippen LogP) is 2.47. The van der Waals surface area contributed by atoms with Crippen LogP contribution in [0.1, 0.15) is 31.2 Å². The summed E-state index contributed by atoms with van der Waals surface area (Å²) in [5.41, 5.74) is 1.17. The Bertz CT molecular complexity index is 909. The molecule has 2 aromatic rings. The van der Waals surface area contributed by atoms with Crippen LogP contribution in [0.3, 0.4) is 0 Å². The monoisotopic (exact) mass is 422 g/mol. The summed E-state index contributed by atoms with van der Waals surface area (Å²) in [6.45, 7) is 5.96. The molecule has 2 aliphatic rings. The van der Waals surface area contributed by atoms with Gasteiger partial charge < -0.3 is 15.1 Å². The lowest BCUT2D eigenvalue weighted by Gasteiger charge is -2.35. The van der Waals surface area contributed by atoms with Crippen LogP contribution in [0.2, 0.25) is 0 Å². The van der Waals surface area contributed by atoms with Crippen LogP contribution in [-0.4, -0.2) is 78.9 Å². The molecular weight excluding hydrogens is 388 g/mol. The number of likely N-dealkylation sites (tertiary alicyclic amines) is 1. The number of hydrogen-bond donors (Lipinski definition) is 1. The molecule has 0 aromatic heterocycles. The van der Waals surface area contributed by atoms with Crippen molar-refractivity contribution < 1.29 is 9.59 Å². The summed E-state index contributed by atoms with van der Waals surface area (Å²) in [5.74, 6) is 0.00684. The molecule has 0 spiro atoms. The van der Waals surface area contributed by atoms with Crippen LogP contribution in [0.15, 0.2) is 42.5 Å². The number of amides is 2. The number of carbonyl (C=O) groups excluding carboxylic acids is 2. The topological polar surface area (TPSA) is 55.9 Å². The fourth-order valence-corrected chi connectivity index (χ4v) is 4.67. The van der Waals surface area contributed by atoms with Gasteiger partial charge in [0, 0.05) is 39.8 Å². The Kier molecular flexibility index (Phi) is 7.20. The zero-order valence-corrected chi connectivity index (χ0v) is 18.6. The van der Waals surface area contributed by atoms with Crippen molar-refractivity contribution in [1.29, 1.82) is 0 Å². The minimum atomic E-state index is -0.412. The lowest BCUT2D eigenvalue weighted by molar-refractivity contribution is -0.138. The van der Waals surface area contributed by atoms with Crippen LogP contribution in [0, 0.1) is 0 Å². The molecular formula is C25H34N4O2. The van der Waals surface area contributed by atoms with Crippen LogP contribution in [0.4, 0.5) is 0 Å². The van der Waals surface area contributed by atoms with Gasteiger partial charge in [-0.3, -0.25) is 14.5 Å². The number of nitrogens with one attached hydrogen (secondary N) is 1. The first-order chi connectivity index (χ1) is 15.1. The highest BCUT2D eigenvalue weighted by Gasteiger charge is 2.32. The highest BCUT2D eigenvalue weighted by atomic mass is 16.2. The second-order valence-electron chi connectivity index (χ2n) is 8.88. The molecule has 1 atom stereocenters. The van der Waals surface area contributed by atoms with E-state index in [4.69, 9.17) is 0 Å². The van der Waals surface area contributed by atoms with E-state index >= 15 is 0 Å². The number of piperidine rings is 1. The molecule has 2 aliphatic heterocycles. The van der Waals surface area contributed by atoms with Crippen molar-refractivity contribution in [3.05, 3.63) is 48.0 Å². The van der Waals surface area contributed by atoms with E-state index in [9.17, 15) is 9.59 Å². The molecule has 0 aliphatic carbocycles. The zero-order valence-electron chi connectivity index (χ0n) is 18.6. The highest BCUT2D eigenvalue weighted by molar-refractivity contribution is 5.89. The maximum absolute atomic E-state index is 12.9. The van der Waals surface area contributed by atoms with E-state index in [2.05, 4.69) is 45.4 Å². The van der Waals surface area contributed by atoms with Gasteiger partial charge in [-0.05, 0) is 48.3 Å². The first kappa shape index (κ1) is 21.8. The molecule has 2 heterocycles. The number of rotatable bonds is 7. The molecule has 6 nitrogen and oxygen atoms in total. The van der Waals surface area contributed by atoms with E-state index in [1.54, 1.807) is 4.90 Å². The molecule has 2 amide bonds. The van der Waals surface area contributed by atoms with Gasteiger partial charge in [0.2, 0.25) is 11.8 Å². The van der Waals surface area contributed by atoms with Crippen LogP contribution in [0.25, 0.3) is 10.8 Å². The summed E-state index contributed by atoms with van der Waals surface area (Å²) >= 11 is 0. The third kappa shape index (κ3) is 5.63. The lowest BCUT2D eigenvalue weighted by Crippen LogP contribution is -2.56. The number of fused-ring (bicyclic) bond motifs is 1. The standard InChI is InChI=1S/C25H34N4O2/c1-27(15-16-28-12-5-2-6-13-28)24(30)18-23-25(31)26-11-14-29(23)19-20-9-10-21-7-3-4-8-22(21)17-20/h3-4,7-10,17,23H,2,5-6,11-16,18-19H2,1H3,(H,26,31). The summed E-state index contributed by atoms with van der Waals surface area (Å²) in [7, 11) is 1.86. The molecule has 4 rings (SSSR count). The lowest BCUT2D eigenvalue weighted by atomic mass is 10.0. The van der Waals surface area contributed by atoms with Gasteiger partial charge in [0.25, 0.3) is 0 Å². The normalized spacial score (nSPS) is 20.5. The second-order valence-corrected chi connectivity index (χ2v) is 8.88. The van der Waals surface area contributed by atoms with Crippen molar-refractivity contribution in [2.75, 3.05) is 46.3 Å². The molecule has 31 heavy (non-hydrogen) atoms. The zero-order chi connectivity index (χ0) is 21.6. The van der Waals surface area contributed by atoms with E-state index in [1.165, 1.54) is 35.6 Å². The largest absolute Gasteiger partial charge is 0.353 e. The minimum Gasteiger partial charge on any atom is -0.353 e. The summed E-state index contributed by atoms with van der Waals surface area (Å²) in [5, 5.41) is 5.36. The number of piperazine rings is 1. The summed E-state index contributed by atoms with van der Waals surface area (Å²) in [6, 6.07) is 14.3. The summed E-state index contributed by atoms with van der Waals surface area (Å²) in [6.07, 6.45) is 4.05. The van der Waals surface area contributed by atoms with Crippen LogP contribution in [0.5, 0.6) is 0 Å². The van der Waals surface area contributed by atoms with Crippen molar-refractivity contribution in [3.8, 4) is 0 Å². The minimum absolute atomic E-state index is 0.0372. The molecule has 2 saturated heterocycles. The Labute approximate surface area is 185 Å². The summed E-state index contributed by atoms with van der Waals surface area (Å²) in [4.78, 5) is 31.9. The van der Waals surface area contributed by atoms with Crippen molar-refractivity contribution in [3.63, 3.8) is 0 Å². The summed E-state index contributed by atoms with van der Waals surface area (Å²) < 4.78 is 0. The average molecular weight is 423 g/mol. The maximum atomic E-state index is 12.9. The first-order valence-electron chi connectivity index (χ1n) is 11.6. The van der Waals surface area contributed by atoms with E-state index in [0.717, 1.165) is 32.7 Å². The molecule has 0 saturated carbocycles. The van der Waals surface area contributed by atoms with E-state index in [0.29, 0.717) is 13.1 Å². The molecule has 0 radical (unpaired) electrons. The van der Waals surface area contributed by atoms with Gasteiger partial charge in [0.1, 0.15) is 0 Å². The van der Waals surface area contributed by atoms with Crippen LogP contribution >= 0.6 is 0 Å². The van der Waals surface area contributed by atoms with Crippen molar-refractivity contribution in [2.24, 2.45) is 0 Å². The van der Waals surface area contributed by atoms with Crippen molar-refractivity contribution in [2.45, 2.75) is 38.3 Å². The third-order valence-corrected chi connectivity index (χ3v) is 6.64. The average Bonchev–Trinajstić information content (AvgIpc) is 2.80. The second kappa shape index (κ2) is 10.2. The number of nitrogens with zero attached hydrogens (tertiary/aromatic N) is 3. The predicted molar refractivity (Wildman–Crippen MR) is 124 cm³/mol. The van der Waals surface area contributed by atoms with Gasteiger partial charge in [-0.2, -0.15) is 0 Å². The fourth-order valence-electron chi connectivity index (χ4n) is 4.67. The van der Waals surface area contributed by atoms with Gasteiger partial charge in [0.05, 0.1) is 12.5 Å². The van der Waals surface area contributed by atoms with E-state index in [-0.39, 0.29) is 18.2 Å². The third-order valence-electron chi connectivity index (χ3n) is 6.64. The number of carbonyl (C=O) groups is 2. The van der Waals surface area contributed by atoms with E-state index < -0.39 is 6.04 Å². The fraction of sp³-hybridized carbons (Fsp3) is 0.520. The first-order valence-corrected chi connectivity index (χ1v) is 11.6. The molecule has 1 unspecified atom stereocenters. The van der Waals surface area contributed by atoms with E-state index in [1.807, 2.05) is 19.2 Å². The van der Waals surface area contributed by atoms with Gasteiger partial charge >= 0.3 is 0 Å². The number of hydrogen-bond acceptors (Lipinski definition) is 4. The molecule has 1 N–H and O–H groups in total. The highest BCUT2D eigenvalue weighted by Crippen LogP contribution is 2.20. The number of benzene rings is 2. The van der Waals surface area contributed by atoms with Crippen molar-refractivity contribution >= 4 is 22.6 Å². The number of likely N-dealkylation sites (N-methyl/N-ethyl adjacent to an activating group) is 1. The Balaban J connectivity index is 1.37. The van der Waals surface area contributed by atoms with Gasteiger partial charge in [-0.25, -0.2) is 0 Å². The Hall–Kier alpha value is -2.44. The molecule has 0 bridgehead atoms. The molecule has 166 valence electrons. The Morgan fingerprint density at radius 3 is 2.65 bits per heavy atom. The van der Waals surface area contributed by atoms with Crippen LogP contribution < -0.4 is 5.32 Å². The van der Waals surface area contributed by atoms with Crippen LogP contribution in [-0.2, 0) is 16.1 Å². The molecule has 2 fully saturated rings. The molecule has 2 aromatic carbocycles. The Morgan fingerprint density at radius 1 is 1.06 bits per heavy atom. The molecule has 6 heteroatoms. The van der Waals surface area contributed by atoms with Crippen molar-refractivity contribution in [1.82, 2.24) is 20.0 Å². The maximum Gasteiger partial charge on any atom is 0.237 e. The smallest absolute Gasteiger partial charge is 0.237 e. The van der Waals surface area contributed by atoms with Gasteiger partial charge in [-0.1, -0.05) is 42.8 Å². The Morgan fingerprint density at radius 2 is 1.84 bits per heavy atom. The van der Waals surface area contributed by atoms with Gasteiger partial charge in [0.15, 0.2) is 0 Å². The SMILES string of the molecule is CN(CCN1CCCCC1)C(=O)CC1C(=O)NCCN1Cc1ccc2ccccc2c1. The van der Waals surface area contributed by atoms with Gasteiger partial charge in [-0.15, -0.1) is 0 Å². The quantitative estimate of drug-likeness (QED) is 0.745.